The van der Waals surface area contributed by atoms with Crippen molar-refractivity contribution >= 4 is 11.0 Å². The average Bonchev–Trinajstić information content (AvgIpc) is 2.72. The largest absolute Gasteiger partial charge is 0.473 e. The Balaban J connectivity index is 1.65. The molecule has 28 heavy (non-hydrogen) atoms. The zero-order valence-corrected chi connectivity index (χ0v) is 16.2. The third kappa shape index (κ3) is 4.11. The van der Waals surface area contributed by atoms with E-state index in [0.29, 0.717) is 24.6 Å². The molecule has 1 atom stereocenters. The molecule has 3 aromatic rings. The van der Waals surface area contributed by atoms with Crippen LogP contribution in [0.5, 0.6) is 5.88 Å². The molecule has 0 unspecified atom stereocenters. The van der Waals surface area contributed by atoms with Gasteiger partial charge in [-0.3, -0.25) is 4.98 Å². The molecule has 146 valence electrons. The van der Waals surface area contributed by atoms with Crippen LogP contribution < -0.4 is 15.8 Å². The van der Waals surface area contributed by atoms with Crippen molar-refractivity contribution in [3.05, 3.63) is 48.3 Å². The summed E-state index contributed by atoms with van der Waals surface area (Å²) in [6, 6.07) is 10.0. The number of rotatable bonds is 5. The van der Waals surface area contributed by atoms with Gasteiger partial charge < -0.3 is 20.5 Å². The van der Waals surface area contributed by atoms with Crippen LogP contribution in [0.4, 0.5) is 0 Å². The maximum Gasteiger partial charge on any atom is 0.242 e. The van der Waals surface area contributed by atoms with E-state index in [1.807, 2.05) is 44.2 Å². The number of nitrogens with two attached hydrogens (primary N) is 1. The van der Waals surface area contributed by atoms with Crippen LogP contribution in [-0.4, -0.2) is 47.4 Å². The minimum atomic E-state index is -0.386. The molecule has 2 aromatic heterocycles. The second-order valence-corrected chi connectivity index (χ2v) is 7.54. The summed E-state index contributed by atoms with van der Waals surface area (Å²) in [5, 5.41) is 3.30. The third-order valence-corrected chi connectivity index (χ3v) is 4.76. The Morgan fingerprint density at radius 1 is 1.21 bits per heavy atom. The van der Waals surface area contributed by atoms with Crippen LogP contribution in [0.25, 0.3) is 22.3 Å². The highest BCUT2D eigenvalue weighted by Gasteiger charge is 2.18. The zero-order valence-electron chi connectivity index (χ0n) is 16.2. The molecule has 1 fully saturated rings. The van der Waals surface area contributed by atoms with Crippen molar-refractivity contribution in [1.29, 1.82) is 0 Å². The van der Waals surface area contributed by atoms with Crippen molar-refractivity contribution in [3.8, 4) is 17.1 Å². The number of hydrogen-bond acceptors (Lipinski definition) is 7. The summed E-state index contributed by atoms with van der Waals surface area (Å²) in [7, 11) is 0. The van der Waals surface area contributed by atoms with E-state index in [1.54, 1.807) is 12.4 Å². The topological polar surface area (TPSA) is 95.2 Å². The van der Waals surface area contributed by atoms with Crippen LogP contribution >= 0.6 is 0 Å². The van der Waals surface area contributed by atoms with Crippen molar-refractivity contribution in [2.45, 2.75) is 25.5 Å². The van der Waals surface area contributed by atoms with Crippen molar-refractivity contribution in [2.24, 2.45) is 5.73 Å². The van der Waals surface area contributed by atoms with Crippen molar-refractivity contribution in [1.82, 2.24) is 20.3 Å². The van der Waals surface area contributed by atoms with Gasteiger partial charge in [0.15, 0.2) is 5.52 Å². The Morgan fingerprint density at radius 2 is 2.00 bits per heavy atom. The number of ether oxygens (including phenoxy) is 2. The average molecular weight is 379 g/mol. The molecule has 7 heteroatoms. The molecule has 1 saturated heterocycles. The van der Waals surface area contributed by atoms with Gasteiger partial charge in [0.1, 0.15) is 12.7 Å². The van der Waals surface area contributed by atoms with Crippen LogP contribution in [0, 0.1) is 0 Å². The third-order valence-electron chi connectivity index (χ3n) is 4.76. The van der Waals surface area contributed by atoms with Crippen molar-refractivity contribution in [2.75, 3.05) is 26.3 Å². The molecule has 3 heterocycles. The maximum absolute atomic E-state index is 6.18. The van der Waals surface area contributed by atoms with E-state index in [2.05, 4.69) is 15.3 Å². The molecule has 7 nitrogen and oxygen atoms in total. The van der Waals surface area contributed by atoms with Crippen LogP contribution in [0.15, 0.2) is 42.7 Å². The van der Waals surface area contributed by atoms with E-state index in [1.165, 1.54) is 0 Å². The van der Waals surface area contributed by atoms with Crippen LogP contribution in [0.3, 0.4) is 0 Å². The first kappa shape index (κ1) is 18.7. The molecular formula is C21H25N5O2. The minimum absolute atomic E-state index is 0.00278. The number of benzene rings is 1. The van der Waals surface area contributed by atoms with Gasteiger partial charge in [-0.05, 0) is 25.5 Å². The number of pyridine rings is 1. The fourth-order valence-electron chi connectivity index (χ4n) is 3.16. The zero-order chi connectivity index (χ0) is 19.6. The van der Waals surface area contributed by atoms with Crippen molar-refractivity contribution < 1.29 is 9.47 Å². The van der Waals surface area contributed by atoms with Gasteiger partial charge in [0.2, 0.25) is 5.88 Å². The molecule has 0 bridgehead atoms. The lowest BCUT2D eigenvalue weighted by Gasteiger charge is -2.23. The standard InChI is InChI=1S/C21H25N5O2/c1-21(2,22)15-5-3-14(4-6-15)17-11-18-19(25-8-7-24-18)20(26-17)28-13-16-12-23-9-10-27-16/h3-8,11,16,23H,9-10,12-13,22H2,1-2H3/t16-/m0/s1. The van der Waals surface area contributed by atoms with Crippen LogP contribution in [0.1, 0.15) is 19.4 Å². The van der Waals surface area contributed by atoms with Gasteiger partial charge in [0.25, 0.3) is 0 Å². The molecule has 1 aliphatic heterocycles. The predicted molar refractivity (Wildman–Crippen MR) is 108 cm³/mol. The highest BCUT2D eigenvalue weighted by Crippen LogP contribution is 2.28. The Hall–Kier alpha value is -2.61. The number of nitrogens with zero attached hydrogens (tertiary/aromatic N) is 3. The second-order valence-electron chi connectivity index (χ2n) is 7.54. The smallest absolute Gasteiger partial charge is 0.242 e. The van der Waals surface area contributed by atoms with Crippen LogP contribution in [-0.2, 0) is 10.3 Å². The molecule has 0 saturated carbocycles. The monoisotopic (exact) mass is 379 g/mol. The van der Waals surface area contributed by atoms with Gasteiger partial charge in [-0.25, -0.2) is 9.97 Å². The quantitative estimate of drug-likeness (QED) is 0.702. The van der Waals surface area contributed by atoms with E-state index in [0.717, 1.165) is 35.4 Å². The van der Waals surface area contributed by atoms with Crippen LogP contribution in [0.2, 0.25) is 0 Å². The summed E-state index contributed by atoms with van der Waals surface area (Å²) in [6.45, 7) is 6.70. The summed E-state index contributed by atoms with van der Waals surface area (Å²) >= 11 is 0. The molecule has 3 N–H and O–H groups in total. The number of hydrogen-bond donors (Lipinski definition) is 2. The summed E-state index contributed by atoms with van der Waals surface area (Å²) in [5.41, 5.74) is 10.0. The van der Waals surface area contributed by atoms with E-state index in [4.69, 9.17) is 20.2 Å². The fraction of sp³-hybridized carbons (Fsp3) is 0.381. The van der Waals surface area contributed by atoms with Gasteiger partial charge in [-0.15, -0.1) is 0 Å². The van der Waals surface area contributed by atoms with Gasteiger partial charge in [0, 0.05) is 36.6 Å². The molecule has 0 radical (unpaired) electrons. The van der Waals surface area contributed by atoms with Gasteiger partial charge in [-0.1, -0.05) is 24.3 Å². The van der Waals surface area contributed by atoms with Gasteiger partial charge >= 0.3 is 0 Å². The number of fused-ring (bicyclic) bond motifs is 1. The van der Waals surface area contributed by atoms with Gasteiger partial charge in [0.05, 0.1) is 17.8 Å². The fourth-order valence-corrected chi connectivity index (χ4v) is 3.16. The maximum atomic E-state index is 6.18. The molecule has 1 aromatic carbocycles. The van der Waals surface area contributed by atoms with E-state index in [9.17, 15) is 0 Å². The van der Waals surface area contributed by atoms with Crippen molar-refractivity contribution in [3.63, 3.8) is 0 Å². The number of morpholine rings is 1. The summed E-state index contributed by atoms with van der Waals surface area (Å²) in [4.78, 5) is 13.6. The summed E-state index contributed by atoms with van der Waals surface area (Å²) in [5.74, 6) is 0.470. The highest BCUT2D eigenvalue weighted by molar-refractivity contribution is 5.83. The lowest BCUT2D eigenvalue weighted by atomic mass is 9.94. The molecular weight excluding hydrogens is 354 g/mol. The number of nitrogens with one attached hydrogen (secondary N) is 1. The number of aromatic nitrogens is 3. The highest BCUT2D eigenvalue weighted by atomic mass is 16.5. The Labute approximate surface area is 164 Å². The molecule has 0 amide bonds. The Morgan fingerprint density at radius 3 is 2.71 bits per heavy atom. The minimum Gasteiger partial charge on any atom is -0.473 e. The first-order valence-electron chi connectivity index (χ1n) is 9.47. The SMILES string of the molecule is CC(C)(N)c1ccc(-c2cc3nccnc3c(OC[C@@H]3CNCCO3)n2)cc1. The summed E-state index contributed by atoms with van der Waals surface area (Å²) in [6.07, 6.45) is 3.31. The Kier molecular flexibility index (Phi) is 5.21. The molecule has 0 aliphatic carbocycles. The second kappa shape index (κ2) is 7.79. The van der Waals surface area contributed by atoms with E-state index in [-0.39, 0.29) is 11.6 Å². The van der Waals surface area contributed by atoms with Gasteiger partial charge in [-0.2, -0.15) is 0 Å². The first-order valence-corrected chi connectivity index (χ1v) is 9.47. The molecule has 4 rings (SSSR count). The van der Waals surface area contributed by atoms with E-state index >= 15 is 0 Å². The molecule has 0 spiro atoms. The molecule has 1 aliphatic rings. The Bertz CT molecular complexity index is 947. The lowest BCUT2D eigenvalue weighted by molar-refractivity contribution is -0.000407. The predicted octanol–water partition coefficient (Wildman–Crippen LogP) is 2.25. The summed E-state index contributed by atoms with van der Waals surface area (Å²) < 4.78 is 11.7. The normalized spacial score (nSPS) is 17.6. The van der Waals surface area contributed by atoms with E-state index < -0.39 is 0 Å². The first-order chi connectivity index (χ1) is 13.5. The lowest BCUT2D eigenvalue weighted by Crippen LogP contribution is -2.41.